The van der Waals surface area contributed by atoms with Gasteiger partial charge in [0, 0.05) is 17.3 Å². The highest BCUT2D eigenvalue weighted by atomic mass is 32.2. The Morgan fingerprint density at radius 1 is 1.10 bits per heavy atom. The van der Waals surface area contributed by atoms with Crippen molar-refractivity contribution in [1.29, 1.82) is 0 Å². The third-order valence-corrected chi connectivity index (χ3v) is 3.98. The van der Waals surface area contributed by atoms with Crippen LogP contribution >= 0.6 is 11.8 Å². The van der Waals surface area contributed by atoms with E-state index in [1.165, 1.54) is 18.0 Å². The van der Waals surface area contributed by atoms with Gasteiger partial charge in [0.25, 0.3) is 0 Å². The van der Waals surface area contributed by atoms with Crippen molar-refractivity contribution in [2.75, 3.05) is 0 Å². The summed E-state index contributed by atoms with van der Waals surface area (Å²) in [6.45, 7) is 0. The molecule has 0 radical (unpaired) electrons. The summed E-state index contributed by atoms with van der Waals surface area (Å²) in [7, 11) is 0. The Balaban J connectivity index is 1.72. The number of fused-ring (bicyclic) bond motifs is 1. The van der Waals surface area contributed by atoms with Gasteiger partial charge in [-0.05, 0) is 24.3 Å². The van der Waals surface area contributed by atoms with Gasteiger partial charge in [0.15, 0.2) is 0 Å². The minimum absolute atomic E-state index is 0.197. The van der Waals surface area contributed by atoms with Crippen molar-refractivity contribution in [2.24, 2.45) is 0 Å². The predicted molar refractivity (Wildman–Crippen MR) is 82.5 cm³/mol. The number of hydrogen-bond acceptors (Lipinski definition) is 4. The zero-order chi connectivity index (χ0) is 14.7. The molecule has 2 aromatic heterocycles. The van der Waals surface area contributed by atoms with Crippen LogP contribution in [0.3, 0.4) is 0 Å². The molecule has 0 unspecified atom stereocenters. The molecule has 0 spiro atoms. The average Bonchev–Trinajstić information content (AvgIpc) is 2.53. The van der Waals surface area contributed by atoms with Crippen LogP contribution in [-0.4, -0.2) is 21.0 Å². The predicted octanol–water partition coefficient (Wildman–Crippen LogP) is 3.62. The van der Waals surface area contributed by atoms with Gasteiger partial charge < -0.3 is 5.11 Å². The highest BCUT2D eigenvalue weighted by molar-refractivity contribution is 7.98. The van der Waals surface area contributed by atoms with Crippen LogP contribution in [0.15, 0.2) is 59.8 Å². The van der Waals surface area contributed by atoms with Gasteiger partial charge in [0.05, 0.1) is 21.8 Å². The van der Waals surface area contributed by atoms with E-state index >= 15 is 0 Å². The summed E-state index contributed by atoms with van der Waals surface area (Å²) in [5.74, 6) is -0.264. The largest absolute Gasteiger partial charge is 0.478 e. The number of carbonyl (C=O) groups is 1. The fourth-order valence-corrected chi connectivity index (χ4v) is 2.68. The minimum Gasteiger partial charge on any atom is -0.478 e. The maximum Gasteiger partial charge on any atom is 0.337 e. The molecule has 4 nitrogen and oxygen atoms in total. The van der Waals surface area contributed by atoms with E-state index in [-0.39, 0.29) is 5.56 Å². The van der Waals surface area contributed by atoms with Crippen molar-refractivity contribution in [3.63, 3.8) is 0 Å². The molecule has 0 fully saturated rings. The number of hydrogen-bond donors (Lipinski definition) is 1. The molecule has 3 rings (SSSR count). The van der Waals surface area contributed by atoms with Crippen LogP contribution in [0.5, 0.6) is 0 Å². The van der Waals surface area contributed by atoms with Crippen molar-refractivity contribution in [3.8, 4) is 0 Å². The standard InChI is InChI=1S/C16H12N2O2S/c19-16(20)12-6-8-15(17-9-12)21-10-13-7-5-11-3-1-2-4-14(11)18-13/h1-9H,10H2,(H,19,20). The zero-order valence-corrected chi connectivity index (χ0v) is 11.9. The van der Waals surface area contributed by atoms with E-state index in [1.807, 2.05) is 30.3 Å². The molecular weight excluding hydrogens is 284 g/mol. The molecule has 0 aliphatic heterocycles. The summed E-state index contributed by atoms with van der Waals surface area (Å²) < 4.78 is 0. The van der Waals surface area contributed by atoms with E-state index in [0.29, 0.717) is 5.75 Å². The fraction of sp³-hybridized carbons (Fsp3) is 0.0625. The highest BCUT2D eigenvalue weighted by Gasteiger charge is 2.04. The quantitative estimate of drug-likeness (QED) is 0.745. The molecule has 0 atom stereocenters. The van der Waals surface area contributed by atoms with Crippen LogP contribution in [0.1, 0.15) is 16.1 Å². The van der Waals surface area contributed by atoms with Gasteiger partial charge in [-0.1, -0.05) is 24.3 Å². The maximum absolute atomic E-state index is 10.8. The van der Waals surface area contributed by atoms with Crippen LogP contribution in [0.4, 0.5) is 0 Å². The summed E-state index contributed by atoms with van der Waals surface area (Å²) in [5.41, 5.74) is 2.15. The lowest BCUT2D eigenvalue weighted by Crippen LogP contribution is -1.96. The zero-order valence-electron chi connectivity index (χ0n) is 11.1. The van der Waals surface area contributed by atoms with E-state index in [1.54, 1.807) is 12.1 Å². The summed E-state index contributed by atoms with van der Waals surface area (Å²) in [5, 5.41) is 10.7. The molecule has 0 amide bonds. The second-order valence-electron chi connectivity index (χ2n) is 4.47. The van der Waals surface area contributed by atoms with Gasteiger partial charge in [-0.15, -0.1) is 11.8 Å². The lowest BCUT2D eigenvalue weighted by atomic mass is 10.2. The topological polar surface area (TPSA) is 63.1 Å². The molecule has 0 bridgehead atoms. The lowest BCUT2D eigenvalue weighted by Gasteiger charge is -2.03. The van der Waals surface area contributed by atoms with E-state index in [2.05, 4.69) is 16.0 Å². The first-order chi connectivity index (χ1) is 10.2. The van der Waals surface area contributed by atoms with E-state index in [4.69, 9.17) is 5.11 Å². The van der Waals surface area contributed by atoms with Crippen LogP contribution in [0.2, 0.25) is 0 Å². The van der Waals surface area contributed by atoms with Crippen LogP contribution in [-0.2, 0) is 5.75 Å². The van der Waals surface area contributed by atoms with Crippen LogP contribution in [0.25, 0.3) is 10.9 Å². The van der Waals surface area contributed by atoms with E-state index in [0.717, 1.165) is 21.6 Å². The van der Waals surface area contributed by atoms with Gasteiger partial charge in [0.1, 0.15) is 0 Å². The first-order valence-corrected chi connectivity index (χ1v) is 7.38. The first kappa shape index (κ1) is 13.6. The summed E-state index contributed by atoms with van der Waals surface area (Å²) in [6, 6.07) is 15.3. The average molecular weight is 296 g/mol. The Kier molecular flexibility index (Phi) is 3.83. The van der Waals surface area contributed by atoms with Crippen LogP contribution in [0, 0.1) is 0 Å². The number of carboxylic acid groups (broad SMARTS) is 1. The number of carboxylic acids is 1. The highest BCUT2D eigenvalue weighted by Crippen LogP contribution is 2.21. The Hall–Kier alpha value is -2.40. The third kappa shape index (κ3) is 3.20. The molecule has 5 heteroatoms. The van der Waals surface area contributed by atoms with Gasteiger partial charge in [-0.2, -0.15) is 0 Å². The molecule has 3 aromatic rings. The Bertz CT molecular complexity index is 788. The number of pyridine rings is 2. The molecule has 0 saturated heterocycles. The van der Waals surface area contributed by atoms with Crippen molar-refractivity contribution < 1.29 is 9.90 Å². The van der Waals surface area contributed by atoms with Crippen molar-refractivity contribution in [1.82, 2.24) is 9.97 Å². The monoisotopic (exact) mass is 296 g/mol. The second kappa shape index (κ2) is 5.93. The normalized spacial score (nSPS) is 10.7. The number of rotatable bonds is 4. The molecule has 104 valence electrons. The van der Waals surface area contributed by atoms with Gasteiger partial charge in [-0.25, -0.2) is 9.78 Å². The minimum atomic E-state index is -0.963. The Morgan fingerprint density at radius 2 is 1.95 bits per heavy atom. The summed E-state index contributed by atoms with van der Waals surface area (Å²) in [4.78, 5) is 19.5. The van der Waals surface area contributed by atoms with E-state index in [9.17, 15) is 4.79 Å². The third-order valence-electron chi connectivity index (χ3n) is 3.01. The smallest absolute Gasteiger partial charge is 0.337 e. The van der Waals surface area contributed by atoms with Crippen molar-refractivity contribution in [3.05, 3.63) is 66.0 Å². The number of aromatic nitrogens is 2. The second-order valence-corrected chi connectivity index (χ2v) is 5.47. The first-order valence-electron chi connectivity index (χ1n) is 6.39. The fourth-order valence-electron chi connectivity index (χ4n) is 1.93. The van der Waals surface area contributed by atoms with Crippen molar-refractivity contribution in [2.45, 2.75) is 10.8 Å². The molecular formula is C16H12N2O2S. The number of aromatic carboxylic acids is 1. The number of benzene rings is 1. The van der Waals surface area contributed by atoms with E-state index < -0.39 is 5.97 Å². The SMILES string of the molecule is O=C(O)c1ccc(SCc2ccc3ccccc3n2)nc1. The summed E-state index contributed by atoms with van der Waals surface area (Å²) in [6.07, 6.45) is 1.37. The molecule has 1 N–H and O–H groups in total. The summed E-state index contributed by atoms with van der Waals surface area (Å²) >= 11 is 1.54. The number of nitrogens with zero attached hydrogens (tertiary/aromatic N) is 2. The maximum atomic E-state index is 10.8. The van der Waals surface area contributed by atoms with Crippen LogP contribution < -0.4 is 0 Å². The Labute approximate surface area is 125 Å². The number of para-hydroxylation sites is 1. The molecule has 0 aliphatic rings. The Morgan fingerprint density at radius 3 is 2.71 bits per heavy atom. The molecule has 21 heavy (non-hydrogen) atoms. The molecule has 1 aromatic carbocycles. The number of thioether (sulfide) groups is 1. The molecule has 2 heterocycles. The molecule has 0 aliphatic carbocycles. The van der Waals surface area contributed by atoms with Crippen molar-refractivity contribution >= 4 is 28.6 Å². The van der Waals surface area contributed by atoms with Gasteiger partial charge >= 0.3 is 5.97 Å². The van der Waals surface area contributed by atoms with Gasteiger partial charge in [0.2, 0.25) is 0 Å². The molecule has 0 saturated carbocycles. The lowest BCUT2D eigenvalue weighted by molar-refractivity contribution is 0.0696. The van der Waals surface area contributed by atoms with Gasteiger partial charge in [-0.3, -0.25) is 4.98 Å².